The summed E-state index contributed by atoms with van der Waals surface area (Å²) in [5, 5.41) is 6.35. The molecule has 3 rings (SSSR count). The fourth-order valence-electron chi connectivity index (χ4n) is 2.62. The predicted octanol–water partition coefficient (Wildman–Crippen LogP) is 4.03. The second-order valence-electron chi connectivity index (χ2n) is 6.18. The van der Waals surface area contributed by atoms with Crippen molar-refractivity contribution in [2.24, 2.45) is 0 Å². The molecule has 0 atom stereocenters. The normalized spacial score (nSPS) is 14.7. The average Bonchev–Trinajstić information content (AvgIpc) is 3.24. The van der Waals surface area contributed by atoms with E-state index in [2.05, 4.69) is 10.4 Å². The molecule has 128 valence electrons. The number of rotatable bonds is 4. The molecule has 0 radical (unpaired) electrons. The molecule has 0 bridgehead atoms. The largest absolute Gasteiger partial charge is 0.435 e. The van der Waals surface area contributed by atoms with Gasteiger partial charge in [-0.1, -0.05) is 12.1 Å². The van der Waals surface area contributed by atoms with Crippen molar-refractivity contribution in [3.8, 4) is 0 Å². The van der Waals surface area contributed by atoms with Crippen LogP contribution in [0.5, 0.6) is 0 Å². The molecule has 1 amide bonds. The van der Waals surface area contributed by atoms with Gasteiger partial charge in [0, 0.05) is 17.3 Å². The molecule has 0 unspecified atom stereocenters. The van der Waals surface area contributed by atoms with Gasteiger partial charge in [-0.25, -0.2) is 0 Å². The highest BCUT2D eigenvalue weighted by atomic mass is 19.4. The van der Waals surface area contributed by atoms with Crippen molar-refractivity contribution in [1.82, 2.24) is 9.78 Å². The Morgan fingerprint density at radius 3 is 2.67 bits per heavy atom. The summed E-state index contributed by atoms with van der Waals surface area (Å²) in [6, 6.07) is 6.58. The fraction of sp³-hybridized carbons (Fsp3) is 0.412. The first-order valence-corrected chi connectivity index (χ1v) is 7.76. The van der Waals surface area contributed by atoms with Crippen LogP contribution in [0.3, 0.4) is 0 Å². The Bertz CT molecular complexity index is 776. The molecule has 2 aromatic rings. The van der Waals surface area contributed by atoms with E-state index >= 15 is 0 Å². The number of hydrogen-bond acceptors (Lipinski definition) is 2. The van der Waals surface area contributed by atoms with Crippen LogP contribution in [0, 0.1) is 13.8 Å². The monoisotopic (exact) mass is 337 g/mol. The van der Waals surface area contributed by atoms with E-state index in [0.29, 0.717) is 11.4 Å². The van der Waals surface area contributed by atoms with E-state index in [1.807, 2.05) is 26.0 Å². The van der Waals surface area contributed by atoms with Gasteiger partial charge in [0.2, 0.25) is 5.91 Å². The standard InChI is InChI=1S/C17H18F3N3O/c1-10-4-3-5-13(11(10)2)21-16(24)9-23-14(12-6-7-12)8-15(22-23)17(18,19)20/h3-5,8,12H,6-7,9H2,1-2H3,(H,21,24). The van der Waals surface area contributed by atoms with Crippen molar-refractivity contribution in [1.29, 1.82) is 0 Å². The van der Waals surface area contributed by atoms with Crippen molar-refractivity contribution in [3.05, 3.63) is 46.8 Å². The van der Waals surface area contributed by atoms with Gasteiger partial charge < -0.3 is 5.32 Å². The molecule has 1 aromatic heterocycles. The summed E-state index contributed by atoms with van der Waals surface area (Å²) in [6.07, 6.45) is -2.83. The van der Waals surface area contributed by atoms with E-state index in [1.165, 1.54) is 4.68 Å². The SMILES string of the molecule is Cc1cccc(NC(=O)Cn2nc(C(F)(F)F)cc2C2CC2)c1C. The number of hydrogen-bond donors (Lipinski definition) is 1. The number of nitrogens with zero attached hydrogens (tertiary/aromatic N) is 2. The number of anilines is 1. The molecule has 24 heavy (non-hydrogen) atoms. The lowest BCUT2D eigenvalue weighted by Gasteiger charge is -2.11. The number of carbonyl (C=O) groups excluding carboxylic acids is 1. The molecule has 0 aliphatic heterocycles. The Balaban J connectivity index is 1.79. The van der Waals surface area contributed by atoms with Crippen LogP contribution in [0.2, 0.25) is 0 Å². The Labute approximate surface area is 137 Å². The number of halogens is 3. The first-order chi connectivity index (χ1) is 11.3. The van der Waals surface area contributed by atoms with Crippen LogP contribution in [0.4, 0.5) is 18.9 Å². The van der Waals surface area contributed by atoms with Gasteiger partial charge in [-0.15, -0.1) is 0 Å². The first-order valence-electron chi connectivity index (χ1n) is 7.76. The van der Waals surface area contributed by atoms with Crippen LogP contribution >= 0.6 is 0 Å². The van der Waals surface area contributed by atoms with Crippen molar-refractivity contribution in [2.75, 3.05) is 5.32 Å². The number of nitrogens with one attached hydrogen (secondary N) is 1. The minimum Gasteiger partial charge on any atom is -0.324 e. The van der Waals surface area contributed by atoms with E-state index in [9.17, 15) is 18.0 Å². The summed E-state index contributed by atoms with van der Waals surface area (Å²) >= 11 is 0. The van der Waals surface area contributed by atoms with Crippen molar-refractivity contribution < 1.29 is 18.0 Å². The first kappa shape index (κ1) is 16.5. The molecular formula is C17H18F3N3O. The second-order valence-corrected chi connectivity index (χ2v) is 6.18. The maximum Gasteiger partial charge on any atom is 0.435 e. The maximum absolute atomic E-state index is 12.9. The lowest BCUT2D eigenvalue weighted by Crippen LogP contribution is -2.21. The fourth-order valence-corrected chi connectivity index (χ4v) is 2.62. The third kappa shape index (κ3) is 3.44. The highest BCUT2D eigenvalue weighted by Gasteiger charge is 2.38. The van der Waals surface area contributed by atoms with Gasteiger partial charge >= 0.3 is 6.18 Å². The lowest BCUT2D eigenvalue weighted by molar-refractivity contribution is -0.141. The van der Waals surface area contributed by atoms with Gasteiger partial charge in [0.05, 0.1) is 0 Å². The summed E-state index contributed by atoms with van der Waals surface area (Å²) in [6.45, 7) is 3.59. The zero-order chi connectivity index (χ0) is 17.5. The summed E-state index contributed by atoms with van der Waals surface area (Å²) in [4.78, 5) is 12.2. The van der Waals surface area contributed by atoms with Gasteiger partial charge in [0.1, 0.15) is 6.54 Å². The summed E-state index contributed by atoms with van der Waals surface area (Å²) in [5.41, 5.74) is 2.17. The highest BCUT2D eigenvalue weighted by molar-refractivity contribution is 5.91. The van der Waals surface area contributed by atoms with Crippen molar-refractivity contribution in [2.45, 2.75) is 45.3 Å². The lowest BCUT2D eigenvalue weighted by atomic mass is 10.1. The van der Waals surface area contributed by atoms with Gasteiger partial charge in [0.15, 0.2) is 5.69 Å². The Morgan fingerprint density at radius 1 is 1.33 bits per heavy atom. The number of aromatic nitrogens is 2. The summed E-state index contributed by atoms with van der Waals surface area (Å²) in [5.74, 6) is -0.315. The van der Waals surface area contributed by atoms with Crippen LogP contribution < -0.4 is 5.32 Å². The molecule has 1 saturated carbocycles. The van der Waals surface area contributed by atoms with Gasteiger partial charge in [-0.05, 0) is 49.9 Å². The number of carbonyl (C=O) groups is 1. The minimum absolute atomic E-state index is 0.0714. The van der Waals surface area contributed by atoms with E-state index < -0.39 is 11.9 Å². The van der Waals surface area contributed by atoms with Crippen LogP contribution in [0.15, 0.2) is 24.3 Å². The molecule has 1 aliphatic rings. The maximum atomic E-state index is 12.9. The Kier molecular flexibility index (Phi) is 4.11. The number of amides is 1. The average molecular weight is 337 g/mol. The van der Waals surface area contributed by atoms with E-state index in [1.54, 1.807) is 6.07 Å². The molecule has 1 fully saturated rings. The second kappa shape index (κ2) is 5.96. The highest BCUT2D eigenvalue weighted by Crippen LogP contribution is 2.42. The molecule has 1 aliphatic carbocycles. The Morgan fingerprint density at radius 2 is 2.04 bits per heavy atom. The third-order valence-electron chi connectivity index (χ3n) is 4.27. The van der Waals surface area contributed by atoms with Gasteiger partial charge in [-0.2, -0.15) is 18.3 Å². The van der Waals surface area contributed by atoms with Gasteiger partial charge in [-0.3, -0.25) is 9.48 Å². The van der Waals surface area contributed by atoms with Crippen molar-refractivity contribution >= 4 is 11.6 Å². The number of aryl methyl sites for hydroxylation is 1. The van der Waals surface area contributed by atoms with E-state index in [0.717, 1.165) is 30.0 Å². The van der Waals surface area contributed by atoms with Crippen LogP contribution in [-0.2, 0) is 17.5 Å². The van der Waals surface area contributed by atoms with Gasteiger partial charge in [0.25, 0.3) is 0 Å². The molecule has 1 N–H and O–H groups in total. The molecule has 0 spiro atoms. The summed E-state index contributed by atoms with van der Waals surface area (Å²) in [7, 11) is 0. The molecular weight excluding hydrogens is 319 g/mol. The topological polar surface area (TPSA) is 46.9 Å². The molecule has 4 nitrogen and oxygen atoms in total. The molecule has 1 heterocycles. The van der Waals surface area contributed by atoms with E-state index in [-0.39, 0.29) is 18.4 Å². The zero-order valence-corrected chi connectivity index (χ0v) is 13.4. The van der Waals surface area contributed by atoms with Crippen LogP contribution in [0.25, 0.3) is 0 Å². The molecule has 1 aromatic carbocycles. The minimum atomic E-state index is -4.50. The smallest absolute Gasteiger partial charge is 0.324 e. The Hall–Kier alpha value is -2.31. The van der Waals surface area contributed by atoms with E-state index in [4.69, 9.17) is 0 Å². The number of benzene rings is 1. The zero-order valence-electron chi connectivity index (χ0n) is 13.4. The quantitative estimate of drug-likeness (QED) is 0.915. The molecule has 0 saturated heterocycles. The van der Waals surface area contributed by atoms with Crippen LogP contribution in [-0.4, -0.2) is 15.7 Å². The molecule has 7 heteroatoms. The van der Waals surface area contributed by atoms with Crippen molar-refractivity contribution in [3.63, 3.8) is 0 Å². The predicted molar refractivity (Wildman–Crippen MR) is 83.7 cm³/mol. The van der Waals surface area contributed by atoms with Crippen LogP contribution in [0.1, 0.15) is 41.3 Å². The summed E-state index contributed by atoms with van der Waals surface area (Å²) < 4.78 is 39.8. The number of alkyl halides is 3. The third-order valence-corrected chi connectivity index (χ3v) is 4.27.